The summed E-state index contributed by atoms with van der Waals surface area (Å²) in [4.78, 5) is 15.1. The second-order valence-corrected chi connectivity index (χ2v) is 3.39. The SMILES string of the molecule is CCCC(=O)Nc1cc(N=C=S)ccc1O. The highest BCUT2D eigenvalue weighted by Gasteiger charge is 2.06. The van der Waals surface area contributed by atoms with Gasteiger partial charge in [0.2, 0.25) is 5.91 Å². The van der Waals surface area contributed by atoms with Gasteiger partial charge in [0.15, 0.2) is 0 Å². The molecule has 16 heavy (non-hydrogen) atoms. The molecule has 1 amide bonds. The van der Waals surface area contributed by atoms with Crippen molar-refractivity contribution < 1.29 is 9.90 Å². The summed E-state index contributed by atoms with van der Waals surface area (Å²) >= 11 is 4.47. The molecule has 84 valence electrons. The molecule has 0 bridgehead atoms. The first-order valence-electron chi connectivity index (χ1n) is 4.88. The summed E-state index contributed by atoms with van der Waals surface area (Å²) in [6, 6.07) is 4.58. The average Bonchev–Trinajstić information content (AvgIpc) is 2.24. The van der Waals surface area contributed by atoms with Crippen LogP contribution < -0.4 is 5.32 Å². The Hall–Kier alpha value is -1.71. The molecule has 0 saturated heterocycles. The normalized spacial score (nSPS) is 9.31. The molecule has 0 fully saturated rings. The van der Waals surface area contributed by atoms with Gasteiger partial charge >= 0.3 is 0 Å². The van der Waals surface area contributed by atoms with Crippen LogP contribution in [0.25, 0.3) is 0 Å². The van der Waals surface area contributed by atoms with E-state index in [1.165, 1.54) is 6.07 Å². The molecule has 1 aromatic carbocycles. The van der Waals surface area contributed by atoms with Gasteiger partial charge in [-0.2, -0.15) is 4.99 Å². The minimum atomic E-state index is -0.138. The highest BCUT2D eigenvalue weighted by atomic mass is 32.1. The van der Waals surface area contributed by atoms with Crippen LogP contribution in [0.5, 0.6) is 5.75 Å². The van der Waals surface area contributed by atoms with Crippen LogP contribution >= 0.6 is 12.2 Å². The number of thiocarbonyl (C=S) groups is 1. The largest absolute Gasteiger partial charge is 0.506 e. The van der Waals surface area contributed by atoms with Crippen molar-refractivity contribution in [1.82, 2.24) is 0 Å². The lowest BCUT2D eigenvalue weighted by Gasteiger charge is -2.06. The predicted octanol–water partition coefficient (Wildman–Crippen LogP) is 2.87. The molecule has 0 aromatic heterocycles. The maximum atomic E-state index is 11.3. The van der Waals surface area contributed by atoms with Crippen molar-refractivity contribution in [1.29, 1.82) is 0 Å². The Morgan fingerprint density at radius 1 is 1.62 bits per heavy atom. The van der Waals surface area contributed by atoms with Crippen LogP contribution in [0.15, 0.2) is 23.2 Å². The zero-order valence-electron chi connectivity index (χ0n) is 8.86. The Morgan fingerprint density at radius 2 is 2.38 bits per heavy atom. The van der Waals surface area contributed by atoms with Crippen molar-refractivity contribution in [3.05, 3.63) is 18.2 Å². The van der Waals surface area contributed by atoms with Gasteiger partial charge in [0, 0.05) is 6.42 Å². The summed E-state index contributed by atoms with van der Waals surface area (Å²) in [6.07, 6.45) is 1.17. The van der Waals surface area contributed by atoms with Crippen LogP contribution in [-0.2, 0) is 4.79 Å². The zero-order chi connectivity index (χ0) is 12.0. The predicted molar refractivity (Wildman–Crippen MR) is 66.3 cm³/mol. The van der Waals surface area contributed by atoms with Crippen molar-refractivity contribution in [2.24, 2.45) is 4.99 Å². The van der Waals surface area contributed by atoms with Crippen LogP contribution in [0, 0.1) is 0 Å². The van der Waals surface area contributed by atoms with E-state index in [-0.39, 0.29) is 11.7 Å². The fourth-order valence-electron chi connectivity index (χ4n) is 1.19. The highest BCUT2D eigenvalue weighted by Crippen LogP contribution is 2.28. The summed E-state index contributed by atoms with van der Waals surface area (Å²) in [5.41, 5.74) is 0.879. The summed E-state index contributed by atoms with van der Waals surface area (Å²) in [6.45, 7) is 1.91. The molecular formula is C11H12N2O2S. The number of carbonyl (C=O) groups is 1. The maximum absolute atomic E-state index is 11.3. The molecule has 0 atom stereocenters. The van der Waals surface area contributed by atoms with Crippen molar-refractivity contribution in [2.75, 3.05) is 5.32 Å². The van der Waals surface area contributed by atoms with Crippen LogP contribution in [-0.4, -0.2) is 16.2 Å². The van der Waals surface area contributed by atoms with Crippen molar-refractivity contribution >= 4 is 34.7 Å². The lowest BCUT2D eigenvalue weighted by Crippen LogP contribution is -2.10. The maximum Gasteiger partial charge on any atom is 0.224 e. The van der Waals surface area contributed by atoms with Gasteiger partial charge in [-0.05, 0) is 36.8 Å². The molecule has 1 aromatic rings. The second-order valence-electron chi connectivity index (χ2n) is 3.20. The van der Waals surface area contributed by atoms with Crippen LogP contribution in [0.4, 0.5) is 11.4 Å². The molecule has 2 N–H and O–H groups in total. The number of aliphatic imine (C=N–C) groups is 1. The molecule has 0 unspecified atom stereocenters. The number of nitrogens with one attached hydrogen (secondary N) is 1. The molecule has 0 aliphatic carbocycles. The number of amides is 1. The van der Waals surface area contributed by atoms with Gasteiger partial charge in [0.05, 0.1) is 16.5 Å². The molecular weight excluding hydrogens is 224 g/mol. The second kappa shape index (κ2) is 6.00. The lowest BCUT2D eigenvalue weighted by atomic mass is 10.2. The number of phenolic OH excluding ortho intramolecular Hbond substituents is 1. The number of hydrogen-bond donors (Lipinski definition) is 2. The number of benzene rings is 1. The van der Waals surface area contributed by atoms with Gasteiger partial charge in [0.1, 0.15) is 5.75 Å². The topological polar surface area (TPSA) is 61.7 Å². The van der Waals surface area contributed by atoms with Crippen molar-refractivity contribution in [3.63, 3.8) is 0 Å². The minimum Gasteiger partial charge on any atom is -0.506 e. The number of hydrogen-bond acceptors (Lipinski definition) is 4. The standard InChI is InChI=1S/C11H12N2O2S/c1-2-3-11(15)13-9-6-8(12-7-16)4-5-10(9)14/h4-6,14H,2-3H2,1H3,(H,13,15). The first kappa shape index (κ1) is 12.4. The molecule has 0 saturated carbocycles. The van der Waals surface area contributed by atoms with Gasteiger partial charge in [0.25, 0.3) is 0 Å². The van der Waals surface area contributed by atoms with E-state index in [2.05, 4.69) is 27.7 Å². The van der Waals surface area contributed by atoms with Crippen LogP contribution in [0.2, 0.25) is 0 Å². The Bertz CT molecular complexity index is 440. The molecule has 1 rings (SSSR count). The van der Waals surface area contributed by atoms with E-state index in [0.717, 1.165) is 6.42 Å². The number of phenols is 1. The molecule has 5 heteroatoms. The van der Waals surface area contributed by atoms with E-state index < -0.39 is 0 Å². The molecule has 4 nitrogen and oxygen atoms in total. The van der Waals surface area contributed by atoms with E-state index in [1.807, 2.05) is 6.92 Å². The number of isothiocyanates is 1. The fourth-order valence-corrected chi connectivity index (χ4v) is 1.29. The molecule has 0 aliphatic rings. The monoisotopic (exact) mass is 236 g/mol. The third kappa shape index (κ3) is 3.46. The summed E-state index contributed by atoms with van der Waals surface area (Å²) in [5.74, 6) is -0.131. The lowest BCUT2D eigenvalue weighted by molar-refractivity contribution is -0.116. The summed E-state index contributed by atoms with van der Waals surface area (Å²) < 4.78 is 0. The Kier molecular flexibility index (Phi) is 4.64. The first-order chi connectivity index (χ1) is 7.67. The molecule has 0 heterocycles. The number of aromatic hydroxyl groups is 1. The zero-order valence-corrected chi connectivity index (χ0v) is 9.67. The fraction of sp³-hybridized carbons (Fsp3) is 0.273. The first-order valence-corrected chi connectivity index (χ1v) is 5.29. The van der Waals surface area contributed by atoms with Crippen molar-refractivity contribution in [3.8, 4) is 5.75 Å². The van der Waals surface area contributed by atoms with E-state index in [0.29, 0.717) is 17.8 Å². The molecule has 0 aliphatic heterocycles. The molecule has 0 radical (unpaired) electrons. The number of carbonyl (C=O) groups excluding carboxylic acids is 1. The highest BCUT2D eigenvalue weighted by molar-refractivity contribution is 7.78. The number of rotatable bonds is 4. The molecule has 0 spiro atoms. The van der Waals surface area contributed by atoms with Crippen molar-refractivity contribution in [2.45, 2.75) is 19.8 Å². The number of nitrogens with zero attached hydrogens (tertiary/aromatic N) is 1. The average molecular weight is 236 g/mol. The third-order valence-corrected chi connectivity index (χ3v) is 2.00. The summed E-state index contributed by atoms with van der Waals surface area (Å²) in [5, 5.41) is 14.3. The Balaban J connectivity index is 2.89. The number of anilines is 1. The van der Waals surface area contributed by atoms with Gasteiger partial charge in [-0.3, -0.25) is 4.79 Å². The van der Waals surface area contributed by atoms with E-state index in [9.17, 15) is 9.90 Å². The minimum absolute atomic E-state index is 0.00720. The van der Waals surface area contributed by atoms with Gasteiger partial charge < -0.3 is 10.4 Å². The Labute approximate surface area is 99.0 Å². The van der Waals surface area contributed by atoms with Gasteiger partial charge in [-0.1, -0.05) is 6.92 Å². The third-order valence-electron chi connectivity index (χ3n) is 1.91. The van der Waals surface area contributed by atoms with Gasteiger partial charge in [-0.25, -0.2) is 0 Å². The summed E-state index contributed by atoms with van der Waals surface area (Å²) in [7, 11) is 0. The van der Waals surface area contributed by atoms with E-state index in [4.69, 9.17) is 0 Å². The quantitative estimate of drug-likeness (QED) is 0.480. The smallest absolute Gasteiger partial charge is 0.224 e. The van der Waals surface area contributed by atoms with E-state index >= 15 is 0 Å². The Morgan fingerprint density at radius 3 is 3.00 bits per heavy atom. The van der Waals surface area contributed by atoms with Crippen LogP contribution in [0.3, 0.4) is 0 Å². The van der Waals surface area contributed by atoms with Crippen LogP contribution in [0.1, 0.15) is 19.8 Å². The van der Waals surface area contributed by atoms with Gasteiger partial charge in [-0.15, -0.1) is 0 Å². The van der Waals surface area contributed by atoms with E-state index in [1.54, 1.807) is 12.1 Å².